The fourth-order valence-electron chi connectivity index (χ4n) is 2.92. The Morgan fingerprint density at radius 1 is 1.06 bits per heavy atom. The van der Waals surface area contributed by atoms with Gasteiger partial charge in [-0.1, -0.05) is 29.8 Å². The third kappa shape index (κ3) is 4.53. The molecule has 0 aliphatic carbocycles. The summed E-state index contributed by atoms with van der Waals surface area (Å²) >= 11 is 6.14. The van der Waals surface area contributed by atoms with Crippen LogP contribution >= 0.6 is 11.6 Å². The molecular formula is C24H15ClFNO5. The summed E-state index contributed by atoms with van der Waals surface area (Å²) < 4.78 is 28.9. The van der Waals surface area contributed by atoms with E-state index in [-0.39, 0.29) is 28.7 Å². The number of cyclic esters (lactones) is 1. The highest BCUT2D eigenvalue weighted by atomic mass is 35.5. The molecular weight excluding hydrogens is 437 g/mol. The van der Waals surface area contributed by atoms with Crippen LogP contribution in [0.15, 0.2) is 77.4 Å². The number of hydrogen-bond donors (Lipinski definition) is 0. The molecule has 0 unspecified atom stereocenters. The topological polar surface area (TPSA) is 74.2 Å². The van der Waals surface area contributed by atoms with E-state index in [1.54, 1.807) is 36.4 Å². The van der Waals surface area contributed by atoms with Gasteiger partial charge in [0.25, 0.3) is 0 Å². The minimum absolute atomic E-state index is 0.0815. The van der Waals surface area contributed by atoms with E-state index in [1.807, 2.05) is 0 Å². The fraction of sp³-hybridized carbons (Fsp3) is 0.0417. The molecule has 3 aromatic carbocycles. The van der Waals surface area contributed by atoms with Crippen molar-refractivity contribution in [1.82, 2.24) is 0 Å². The first-order chi connectivity index (χ1) is 15.4. The molecule has 1 aliphatic heterocycles. The quantitative estimate of drug-likeness (QED) is 0.308. The Bertz CT molecular complexity index is 1270. The normalized spacial score (nSPS) is 14.2. The maximum atomic E-state index is 13.0. The first kappa shape index (κ1) is 21.3. The van der Waals surface area contributed by atoms with Crippen LogP contribution in [-0.4, -0.2) is 24.9 Å². The molecule has 8 heteroatoms. The highest BCUT2D eigenvalue weighted by Crippen LogP contribution is 2.31. The van der Waals surface area contributed by atoms with Crippen LogP contribution in [0.2, 0.25) is 5.02 Å². The van der Waals surface area contributed by atoms with Crippen LogP contribution in [0.4, 0.5) is 4.39 Å². The number of aliphatic imine (C=N–C) groups is 1. The van der Waals surface area contributed by atoms with Gasteiger partial charge < -0.3 is 14.2 Å². The molecule has 32 heavy (non-hydrogen) atoms. The lowest BCUT2D eigenvalue weighted by molar-refractivity contribution is -0.129. The van der Waals surface area contributed by atoms with Gasteiger partial charge >= 0.3 is 11.9 Å². The molecule has 1 aliphatic rings. The minimum atomic E-state index is -0.664. The monoisotopic (exact) mass is 451 g/mol. The number of benzene rings is 3. The lowest BCUT2D eigenvalue weighted by atomic mass is 10.1. The van der Waals surface area contributed by atoms with Gasteiger partial charge in [0.2, 0.25) is 5.90 Å². The third-order valence-corrected chi connectivity index (χ3v) is 4.83. The van der Waals surface area contributed by atoms with Crippen LogP contribution in [-0.2, 0) is 9.53 Å². The Morgan fingerprint density at radius 3 is 2.53 bits per heavy atom. The number of nitrogens with zero attached hydrogens (tertiary/aromatic N) is 1. The molecule has 0 fully saturated rings. The van der Waals surface area contributed by atoms with E-state index in [2.05, 4.69) is 4.99 Å². The summed E-state index contributed by atoms with van der Waals surface area (Å²) in [5, 5.41) is 0.411. The summed E-state index contributed by atoms with van der Waals surface area (Å²) in [6.07, 6.45) is 1.51. The Labute approximate surface area is 187 Å². The van der Waals surface area contributed by atoms with Crippen molar-refractivity contribution in [3.63, 3.8) is 0 Å². The zero-order valence-electron chi connectivity index (χ0n) is 16.7. The second kappa shape index (κ2) is 9.03. The van der Waals surface area contributed by atoms with Gasteiger partial charge in [0.15, 0.2) is 17.2 Å². The van der Waals surface area contributed by atoms with Crippen molar-refractivity contribution in [3.05, 3.63) is 100.0 Å². The van der Waals surface area contributed by atoms with E-state index < -0.39 is 17.8 Å². The summed E-state index contributed by atoms with van der Waals surface area (Å²) in [6.45, 7) is 0. The van der Waals surface area contributed by atoms with Crippen molar-refractivity contribution in [2.45, 2.75) is 0 Å². The van der Waals surface area contributed by atoms with E-state index in [1.165, 1.54) is 43.5 Å². The highest BCUT2D eigenvalue weighted by Gasteiger charge is 2.25. The molecule has 0 bridgehead atoms. The van der Waals surface area contributed by atoms with E-state index >= 15 is 0 Å². The summed E-state index contributed by atoms with van der Waals surface area (Å²) in [4.78, 5) is 28.8. The lowest BCUT2D eigenvalue weighted by Crippen LogP contribution is -2.09. The fourth-order valence-corrected chi connectivity index (χ4v) is 3.14. The second-order valence-electron chi connectivity index (χ2n) is 6.62. The Balaban J connectivity index is 1.58. The van der Waals surface area contributed by atoms with Gasteiger partial charge in [0, 0.05) is 0 Å². The predicted molar refractivity (Wildman–Crippen MR) is 116 cm³/mol. The largest absolute Gasteiger partial charge is 0.493 e. The number of esters is 2. The minimum Gasteiger partial charge on any atom is -0.493 e. The van der Waals surface area contributed by atoms with Crippen LogP contribution in [0, 0.1) is 5.82 Å². The third-order valence-electron chi connectivity index (χ3n) is 4.50. The lowest BCUT2D eigenvalue weighted by Gasteiger charge is -2.10. The number of methoxy groups -OCH3 is 1. The van der Waals surface area contributed by atoms with Crippen LogP contribution in [0.5, 0.6) is 11.5 Å². The zero-order valence-corrected chi connectivity index (χ0v) is 17.4. The molecule has 0 aromatic heterocycles. The average molecular weight is 452 g/mol. The van der Waals surface area contributed by atoms with E-state index in [0.29, 0.717) is 16.1 Å². The van der Waals surface area contributed by atoms with Crippen molar-refractivity contribution < 1.29 is 28.2 Å². The molecule has 160 valence electrons. The maximum Gasteiger partial charge on any atom is 0.363 e. The van der Waals surface area contributed by atoms with Gasteiger partial charge in [-0.25, -0.2) is 19.0 Å². The zero-order chi connectivity index (χ0) is 22.7. The molecule has 0 spiro atoms. The van der Waals surface area contributed by atoms with Gasteiger partial charge in [-0.2, -0.15) is 0 Å². The number of carbonyl (C=O) groups is 2. The Kier molecular flexibility index (Phi) is 6.00. The van der Waals surface area contributed by atoms with Gasteiger partial charge in [0.05, 0.1) is 23.3 Å². The molecule has 4 rings (SSSR count). The Morgan fingerprint density at radius 2 is 1.81 bits per heavy atom. The summed E-state index contributed by atoms with van der Waals surface area (Å²) in [7, 11) is 1.42. The number of carbonyl (C=O) groups excluding carboxylic acids is 2. The number of halogens is 2. The molecule has 1 heterocycles. The van der Waals surface area contributed by atoms with Crippen molar-refractivity contribution in [2.75, 3.05) is 7.11 Å². The number of rotatable bonds is 5. The van der Waals surface area contributed by atoms with Crippen LogP contribution in [0.3, 0.4) is 0 Å². The summed E-state index contributed by atoms with van der Waals surface area (Å²) in [5.41, 5.74) is 1.35. The van der Waals surface area contributed by atoms with Gasteiger partial charge in [-0.3, -0.25) is 0 Å². The standard InChI is InChI=1S/C24H15ClFNO5/c1-30-21-13-14(6-11-20(21)31-23(28)15-7-9-16(26)10-8-15)12-19-24(29)32-22(27-19)17-4-2-3-5-18(17)25/h2-13H,1H3/b19-12+. The van der Waals surface area contributed by atoms with Crippen LogP contribution in [0.25, 0.3) is 6.08 Å². The first-order valence-corrected chi connectivity index (χ1v) is 9.75. The van der Waals surface area contributed by atoms with Gasteiger partial charge in [-0.05, 0) is 60.2 Å². The molecule has 3 aromatic rings. The van der Waals surface area contributed by atoms with E-state index in [9.17, 15) is 14.0 Å². The van der Waals surface area contributed by atoms with Crippen molar-refractivity contribution >= 4 is 35.5 Å². The average Bonchev–Trinajstić information content (AvgIpc) is 3.15. The molecule has 0 radical (unpaired) electrons. The summed E-state index contributed by atoms with van der Waals surface area (Å²) in [5.74, 6) is -1.20. The molecule has 0 saturated heterocycles. The van der Waals surface area contributed by atoms with Crippen molar-refractivity contribution in [3.8, 4) is 11.5 Å². The number of ether oxygens (including phenoxy) is 3. The molecule has 0 amide bonds. The molecule has 6 nitrogen and oxygen atoms in total. The molecule has 0 N–H and O–H groups in total. The smallest absolute Gasteiger partial charge is 0.363 e. The second-order valence-corrected chi connectivity index (χ2v) is 7.03. The van der Waals surface area contributed by atoms with Crippen molar-refractivity contribution in [1.29, 1.82) is 0 Å². The highest BCUT2D eigenvalue weighted by molar-refractivity contribution is 6.34. The number of hydrogen-bond acceptors (Lipinski definition) is 6. The first-order valence-electron chi connectivity index (χ1n) is 9.38. The van der Waals surface area contributed by atoms with Crippen LogP contribution in [0.1, 0.15) is 21.5 Å². The van der Waals surface area contributed by atoms with E-state index in [4.69, 9.17) is 25.8 Å². The molecule has 0 atom stereocenters. The SMILES string of the molecule is COc1cc(/C=C2/N=C(c3ccccc3Cl)OC2=O)ccc1OC(=O)c1ccc(F)cc1. The maximum absolute atomic E-state index is 13.0. The van der Waals surface area contributed by atoms with Crippen LogP contribution < -0.4 is 9.47 Å². The summed E-state index contributed by atoms with van der Waals surface area (Å²) in [6, 6.07) is 16.6. The van der Waals surface area contributed by atoms with Gasteiger partial charge in [-0.15, -0.1) is 0 Å². The predicted octanol–water partition coefficient (Wildman–Crippen LogP) is 5.05. The van der Waals surface area contributed by atoms with Gasteiger partial charge in [0.1, 0.15) is 5.82 Å². The van der Waals surface area contributed by atoms with E-state index in [0.717, 1.165) is 0 Å². The molecule has 0 saturated carbocycles. The van der Waals surface area contributed by atoms with Crippen molar-refractivity contribution in [2.24, 2.45) is 4.99 Å². The Hall–Kier alpha value is -3.97.